The summed E-state index contributed by atoms with van der Waals surface area (Å²) in [5, 5.41) is 2.92. The summed E-state index contributed by atoms with van der Waals surface area (Å²) in [7, 11) is 0. The van der Waals surface area contributed by atoms with Crippen molar-refractivity contribution < 1.29 is 4.79 Å². The van der Waals surface area contributed by atoms with E-state index in [1.165, 1.54) is 11.1 Å². The van der Waals surface area contributed by atoms with Gasteiger partial charge in [0.25, 0.3) is 0 Å². The first kappa shape index (κ1) is 13.8. The molecule has 0 radical (unpaired) electrons. The zero-order valence-electron chi connectivity index (χ0n) is 11.0. The number of hydrogen-bond acceptors (Lipinski definition) is 1. The summed E-state index contributed by atoms with van der Waals surface area (Å²) in [6.07, 6.45) is 0.381. The van der Waals surface area contributed by atoms with Crippen molar-refractivity contribution in [1.82, 2.24) is 0 Å². The van der Waals surface area contributed by atoms with Crippen LogP contribution in [0.25, 0.3) is 0 Å². The fourth-order valence-corrected chi connectivity index (χ4v) is 2.30. The molecule has 0 aliphatic heterocycles. The molecule has 1 N–H and O–H groups in total. The summed E-state index contributed by atoms with van der Waals surface area (Å²) in [5.41, 5.74) is 4.25. The van der Waals surface area contributed by atoms with Gasteiger partial charge in [0.1, 0.15) is 0 Å². The summed E-state index contributed by atoms with van der Waals surface area (Å²) in [6.45, 7) is 4.10. The van der Waals surface area contributed by atoms with E-state index >= 15 is 0 Å². The van der Waals surface area contributed by atoms with Crippen LogP contribution in [0.5, 0.6) is 0 Å². The highest BCUT2D eigenvalue weighted by molar-refractivity contribution is 9.10. The molecule has 3 heteroatoms. The zero-order valence-corrected chi connectivity index (χ0v) is 12.6. The minimum atomic E-state index is 0.00125. The Kier molecular flexibility index (Phi) is 4.38. The molecular formula is C16H16BrNO. The third-order valence-electron chi connectivity index (χ3n) is 3.04. The maximum absolute atomic E-state index is 12.0. The van der Waals surface area contributed by atoms with Crippen molar-refractivity contribution in [2.45, 2.75) is 20.3 Å². The zero-order chi connectivity index (χ0) is 13.8. The van der Waals surface area contributed by atoms with Crippen LogP contribution in [0.1, 0.15) is 16.7 Å². The van der Waals surface area contributed by atoms with Gasteiger partial charge in [0, 0.05) is 10.2 Å². The third-order valence-corrected chi connectivity index (χ3v) is 3.54. The lowest BCUT2D eigenvalue weighted by Crippen LogP contribution is -2.14. The van der Waals surface area contributed by atoms with Crippen molar-refractivity contribution in [2.24, 2.45) is 0 Å². The van der Waals surface area contributed by atoms with E-state index in [0.717, 1.165) is 15.7 Å². The van der Waals surface area contributed by atoms with Crippen molar-refractivity contribution in [3.05, 3.63) is 63.6 Å². The number of carbonyl (C=O) groups is 1. The molecule has 1 amide bonds. The Morgan fingerprint density at radius 2 is 1.89 bits per heavy atom. The molecule has 2 rings (SSSR count). The fourth-order valence-electron chi connectivity index (χ4n) is 1.86. The molecule has 19 heavy (non-hydrogen) atoms. The first-order valence-electron chi connectivity index (χ1n) is 6.16. The number of anilines is 1. The molecule has 98 valence electrons. The normalized spacial score (nSPS) is 10.3. The number of benzene rings is 2. The largest absolute Gasteiger partial charge is 0.326 e. The summed E-state index contributed by atoms with van der Waals surface area (Å²) >= 11 is 3.40. The van der Waals surface area contributed by atoms with Crippen LogP contribution in [-0.4, -0.2) is 5.91 Å². The van der Waals surface area contributed by atoms with Crippen molar-refractivity contribution in [3.8, 4) is 0 Å². The number of halogens is 1. The Morgan fingerprint density at radius 3 is 2.58 bits per heavy atom. The van der Waals surface area contributed by atoms with Gasteiger partial charge in [-0.25, -0.2) is 0 Å². The Morgan fingerprint density at radius 1 is 1.11 bits per heavy atom. The minimum absolute atomic E-state index is 0.00125. The molecule has 0 fully saturated rings. The minimum Gasteiger partial charge on any atom is -0.326 e. The maximum Gasteiger partial charge on any atom is 0.228 e. The van der Waals surface area contributed by atoms with Gasteiger partial charge in [-0.2, -0.15) is 0 Å². The highest BCUT2D eigenvalue weighted by Gasteiger charge is 2.05. The number of rotatable bonds is 3. The quantitative estimate of drug-likeness (QED) is 0.901. The first-order valence-corrected chi connectivity index (χ1v) is 6.95. The lowest BCUT2D eigenvalue weighted by atomic mass is 10.1. The molecule has 2 aromatic carbocycles. The Labute approximate surface area is 122 Å². The Hall–Kier alpha value is -1.61. The maximum atomic E-state index is 12.0. The number of carbonyl (C=O) groups excluding carboxylic acids is 1. The molecule has 0 heterocycles. The van der Waals surface area contributed by atoms with Gasteiger partial charge in [-0.15, -0.1) is 0 Å². The molecule has 2 nitrogen and oxygen atoms in total. The summed E-state index contributed by atoms with van der Waals surface area (Å²) in [6, 6.07) is 13.7. The standard InChI is InChI=1S/C16H16BrNO/c1-11-6-7-15(8-12(11)2)18-16(19)10-13-4-3-5-14(17)9-13/h3-9H,10H2,1-2H3,(H,18,19). The van der Waals surface area contributed by atoms with Gasteiger partial charge in [0.05, 0.1) is 6.42 Å². The average molecular weight is 318 g/mol. The molecule has 0 aromatic heterocycles. The van der Waals surface area contributed by atoms with Crippen LogP contribution in [0.15, 0.2) is 46.9 Å². The SMILES string of the molecule is Cc1ccc(NC(=O)Cc2cccc(Br)c2)cc1C. The van der Waals surface area contributed by atoms with E-state index in [4.69, 9.17) is 0 Å². The number of aryl methyl sites for hydroxylation is 2. The Bertz CT molecular complexity index is 607. The summed E-state index contributed by atoms with van der Waals surface area (Å²) in [4.78, 5) is 12.0. The van der Waals surface area contributed by atoms with Gasteiger partial charge in [-0.3, -0.25) is 4.79 Å². The monoisotopic (exact) mass is 317 g/mol. The van der Waals surface area contributed by atoms with Crippen molar-refractivity contribution >= 4 is 27.5 Å². The van der Waals surface area contributed by atoms with E-state index in [0.29, 0.717) is 6.42 Å². The molecule has 2 aromatic rings. The molecular weight excluding hydrogens is 302 g/mol. The second-order valence-electron chi connectivity index (χ2n) is 4.65. The fraction of sp³-hybridized carbons (Fsp3) is 0.188. The Balaban J connectivity index is 2.03. The van der Waals surface area contributed by atoms with Crippen LogP contribution in [-0.2, 0) is 11.2 Å². The molecule has 0 unspecified atom stereocenters. The van der Waals surface area contributed by atoms with Gasteiger partial charge in [-0.1, -0.05) is 34.1 Å². The average Bonchev–Trinajstić information content (AvgIpc) is 2.34. The van der Waals surface area contributed by atoms with Crippen LogP contribution in [0.4, 0.5) is 5.69 Å². The summed E-state index contributed by atoms with van der Waals surface area (Å²) in [5.74, 6) is 0.00125. The van der Waals surface area contributed by atoms with Crippen LogP contribution in [0, 0.1) is 13.8 Å². The number of nitrogens with one attached hydrogen (secondary N) is 1. The molecule has 0 spiro atoms. The lowest BCUT2D eigenvalue weighted by Gasteiger charge is -2.08. The molecule has 0 aliphatic rings. The molecule has 0 bridgehead atoms. The van der Waals surface area contributed by atoms with E-state index in [2.05, 4.69) is 28.2 Å². The van der Waals surface area contributed by atoms with Gasteiger partial charge in [0.2, 0.25) is 5.91 Å². The molecule has 0 saturated heterocycles. The molecule has 0 aliphatic carbocycles. The first-order chi connectivity index (χ1) is 9.04. The predicted molar refractivity (Wildman–Crippen MR) is 82.4 cm³/mol. The third kappa shape index (κ3) is 3.93. The lowest BCUT2D eigenvalue weighted by molar-refractivity contribution is -0.115. The van der Waals surface area contributed by atoms with Gasteiger partial charge < -0.3 is 5.32 Å². The van der Waals surface area contributed by atoms with E-state index in [1.807, 2.05) is 49.4 Å². The number of amides is 1. The number of hydrogen-bond donors (Lipinski definition) is 1. The van der Waals surface area contributed by atoms with Gasteiger partial charge >= 0.3 is 0 Å². The highest BCUT2D eigenvalue weighted by atomic mass is 79.9. The molecule has 0 atom stereocenters. The van der Waals surface area contributed by atoms with Crippen molar-refractivity contribution in [2.75, 3.05) is 5.32 Å². The van der Waals surface area contributed by atoms with E-state index < -0.39 is 0 Å². The van der Waals surface area contributed by atoms with Crippen LogP contribution in [0.3, 0.4) is 0 Å². The van der Waals surface area contributed by atoms with E-state index in [9.17, 15) is 4.79 Å². The second kappa shape index (κ2) is 6.02. The van der Waals surface area contributed by atoms with E-state index in [-0.39, 0.29) is 5.91 Å². The van der Waals surface area contributed by atoms with Crippen LogP contribution >= 0.6 is 15.9 Å². The van der Waals surface area contributed by atoms with Gasteiger partial charge in [-0.05, 0) is 54.8 Å². The van der Waals surface area contributed by atoms with Crippen LogP contribution < -0.4 is 5.32 Å². The van der Waals surface area contributed by atoms with Crippen LogP contribution in [0.2, 0.25) is 0 Å². The van der Waals surface area contributed by atoms with Crippen molar-refractivity contribution in [3.63, 3.8) is 0 Å². The molecule has 0 saturated carbocycles. The topological polar surface area (TPSA) is 29.1 Å². The van der Waals surface area contributed by atoms with Gasteiger partial charge in [0.15, 0.2) is 0 Å². The van der Waals surface area contributed by atoms with E-state index in [1.54, 1.807) is 0 Å². The predicted octanol–water partition coefficient (Wildman–Crippen LogP) is 4.25. The second-order valence-corrected chi connectivity index (χ2v) is 5.57. The highest BCUT2D eigenvalue weighted by Crippen LogP contribution is 2.16. The smallest absolute Gasteiger partial charge is 0.228 e. The summed E-state index contributed by atoms with van der Waals surface area (Å²) < 4.78 is 0.990. The van der Waals surface area contributed by atoms with Crippen molar-refractivity contribution in [1.29, 1.82) is 0 Å².